The van der Waals surface area contributed by atoms with E-state index < -0.39 is 0 Å². The molecule has 0 aliphatic carbocycles. The van der Waals surface area contributed by atoms with Crippen molar-refractivity contribution in [1.29, 1.82) is 0 Å². The Morgan fingerprint density at radius 1 is 1.11 bits per heavy atom. The molecule has 1 atom stereocenters. The Balaban J connectivity index is 0.00000280. The van der Waals surface area contributed by atoms with Crippen LogP contribution in [0.15, 0.2) is 27.8 Å². The summed E-state index contributed by atoms with van der Waals surface area (Å²) in [5.74, 6) is 1.91. The first kappa shape index (κ1) is 23.5. The largest absolute Gasteiger partial charge is 0.468 e. The molecule has 2 fully saturated rings. The van der Waals surface area contributed by atoms with E-state index in [1.165, 1.54) is 45.2 Å². The third-order valence-corrected chi connectivity index (χ3v) is 6.04. The van der Waals surface area contributed by atoms with Crippen molar-refractivity contribution in [2.45, 2.75) is 57.5 Å². The Hall–Kier alpha value is -0.800. The van der Waals surface area contributed by atoms with Crippen molar-refractivity contribution >= 4 is 29.9 Å². The van der Waals surface area contributed by atoms with Gasteiger partial charge in [0.1, 0.15) is 5.76 Å². The molecule has 0 aromatic carbocycles. The minimum absolute atomic E-state index is 0. The molecule has 7 heteroatoms. The molecule has 3 rings (SSSR count). The van der Waals surface area contributed by atoms with Gasteiger partial charge < -0.3 is 15.1 Å². The van der Waals surface area contributed by atoms with Crippen LogP contribution < -0.4 is 10.6 Å². The second kappa shape index (κ2) is 11.4. The number of hydrogen-bond acceptors (Lipinski definition) is 4. The van der Waals surface area contributed by atoms with Crippen molar-refractivity contribution in [2.75, 3.05) is 46.3 Å². The van der Waals surface area contributed by atoms with Gasteiger partial charge in [-0.25, -0.2) is 0 Å². The summed E-state index contributed by atoms with van der Waals surface area (Å²) in [5.41, 5.74) is 0.132. The van der Waals surface area contributed by atoms with Gasteiger partial charge in [-0.05, 0) is 77.8 Å². The molecule has 0 spiro atoms. The fraction of sp³-hybridized carbons (Fsp3) is 0.762. The van der Waals surface area contributed by atoms with Crippen LogP contribution >= 0.6 is 24.0 Å². The van der Waals surface area contributed by atoms with E-state index in [0.717, 1.165) is 37.9 Å². The highest BCUT2D eigenvalue weighted by molar-refractivity contribution is 14.0. The van der Waals surface area contributed by atoms with Crippen LogP contribution in [0.5, 0.6) is 0 Å². The van der Waals surface area contributed by atoms with Crippen molar-refractivity contribution in [1.82, 2.24) is 20.4 Å². The molecule has 2 aliphatic rings. The fourth-order valence-electron chi connectivity index (χ4n) is 4.27. The quantitative estimate of drug-likeness (QED) is 0.339. The fourth-order valence-corrected chi connectivity index (χ4v) is 4.27. The second-order valence-corrected chi connectivity index (χ2v) is 8.44. The molecule has 1 unspecified atom stereocenters. The Kier molecular flexibility index (Phi) is 9.56. The molecule has 28 heavy (non-hydrogen) atoms. The van der Waals surface area contributed by atoms with Gasteiger partial charge in [0, 0.05) is 25.7 Å². The predicted molar refractivity (Wildman–Crippen MR) is 127 cm³/mol. The highest BCUT2D eigenvalue weighted by Gasteiger charge is 2.29. The minimum Gasteiger partial charge on any atom is -0.468 e. The zero-order chi connectivity index (χ0) is 19.1. The molecule has 2 saturated heterocycles. The maximum Gasteiger partial charge on any atom is 0.191 e. The number of piperidine rings is 1. The van der Waals surface area contributed by atoms with Crippen LogP contribution in [-0.4, -0.2) is 67.6 Å². The molecule has 2 N–H and O–H groups in total. The van der Waals surface area contributed by atoms with Gasteiger partial charge in [-0.1, -0.05) is 6.42 Å². The Morgan fingerprint density at radius 3 is 2.39 bits per heavy atom. The van der Waals surface area contributed by atoms with Crippen LogP contribution in [0.25, 0.3) is 0 Å². The second-order valence-electron chi connectivity index (χ2n) is 8.44. The van der Waals surface area contributed by atoms with Gasteiger partial charge in [0.25, 0.3) is 0 Å². The summed E-state index contributed by atoms with van der Waals surface area (Å²) >= 11 is 0. The first-order chi connectivity index (χ1) is 13.1. The highest BCUT2D eigenvalue weighted by Crippen LogP contribution is 2.25. The lowest BCUT2D eigenvalue weighted by Crippen LogP contribution is -2.55. The Morgan fingerprint density at radius 2 is 1.79 bits per heavy atom. The van der Waals surface area contributed by atoms with E-state index in [4.69, 9.17) is 4.42 Å². The van der Waals surface area contributed by atoms with Crippen LogP contribution in [-0.2, 0) is 0 Å². The lowest BCUT2D eigenvalue weighted by Gasteiger charge is -2.41. The number of nitrogens with zero attached hydrogens (tertiary/aromatic N) is 3. The predicted octanol–water partition coefficient (Wildman–Crippen LogP) is 3.46. The molecule has 0 amide bonds. The topological polar surface area (TPSA) is 56.0 Å². The van der Waals surface area contributed by atoms with E-state index >= 15 is 0 Å². The molecule has 3 heterocycles. The average molecular weight is 503 g/mol. The normalized spacial score (nSPS) is 20.6. The molecule has 0 radical (unpaired) electrons. The van der Waals surface area contributed by atoms with Gasteiger partial charge in [0.15, 0.2) is 5.96 Å². The lowest BCUT2D eigenvalue weighted by atomic mass is 9.98. The number of aliphatic imine (C=N–C) groups is 1. The van der Waals surface area contributed by atoms with Crippen LogP contribution in [0.1, 0.15) is 57.8 Å². The van der Waals surface area contributed by atoms with Crippen LogP contribution in [0.2, 0.25) is 0 Å². The molecule has 160 valence electrons. The Bertz CT molecular complexity index is 578. The summed E-state index contributed by atoms with van der Waals surface area (Å²) in [5, 5.41) is 7.08. The van der Waals surface area contributed by atoms with Crippen LogP contribution in [0.3, 0.4) is 0 Å². The summed E-state index contributed by atoms with van der Waals surface area (Å²) in [6.07, 6.45) is 8.32. The number of halogens is 1. The van der Waals surface area contributed by atoms with Gasteiger partial charge in [-0.3, -0.25) is 14.8 Å². The number of rotatable bonds is 7. The molecule has 2 aliphatic heterocycles. The summed E-state index contributed by atoms with van der Waals surface area (Å²) in [6, 6.07) is 4.32. The molecule has 1 aromatic heterocycles. The summed E-state index contributed by atoms with van der Waals surface area (Å²) in [4.78, 5) is 9.56. The minimum atomic E-state index is 0. The summed E-state index contributed by atoms with van der Waals surface area (Å²) in [7, 11) is 1.85. The van der Waals surface area contributed by atoms with Crippen molar-refractivity contribution in [3.63, 3.8) is 0 Å². The number of furan rings is 1. The monoisotopic (exact) mass is 503 g/mol. The molecule has 0 bridgehead atoms. The van der Waals surface area contributed by atoms with E-state index in [1.54, 1.807) is 6.26 Å². The van der Waals surface area contributed by atoms with Gasteiger partial charge in [-0.15, -0.1) is 24.0 Å². The summed E-state index contributed by atoms with van der Waals surface area (Å²) in [6.45, 7) is 11.0. The van der Waals surface area contributed by atoms with E-state index in [9.17, 15) is 0 Å². The smallest absolute Gasteiger partial charge is 0.191 e. The molecular formula is C21H38IN5O. The van der Waals surface area contributed by atoms with E-state index in [0.29, 0.717) is 0 Å². The van der Waals surface area contributed by atoms with Gasteiger partial charge >= 0.3 is 0 Å². The van der Waals surface area contributed by atoms with Crippen molar-refractivity contribution < 1.29 is 4.42 Å². The number of guanidine groups is 1. The van der Waals surface area contributed by atoms with Crippen LogP contribution in [0, 0.1) is 0 Å². The SMILES string of the molecule is CN=C(NCC(c1ccco1)N1CCCC1)NCC(C)(C)N1CCCCC1.I. The number of likely N-dealkylation sites (tertiary alicyclic amines) is 2. The van der Waals surface area contributed by atoms with E-state index in [2.05, 4.69) is 45.3 Å². The Labute approximate surface area is 187 Å². The maximum absolute atomic E-state index is 5.72. The first-order valence-electron chi connectivity index (χ1n) is 10.6. The van der Waals surface area contributed by atoms with Gasteiger partial charge in [0.2, 0.25) is 0 Å². The van der Waals surface area contributed by atoms with Crippen molar-refractivity contribution in [3.8, 4) is 0 Å². The molecule has 0 saturated carbocycles. The lowest BCUT2D eigenvalue weighted by molar-refractivity contribution is 0.0982. The number of hydrogen-bond donors (Lipinski definition) is 2. The zero-order valence-corrected chi connectivity index (χ0v) is 20.1. The number of nitrogens with one attached hydrogen (secondary N) is 2. The highest BCUT2D eigenvalue weighted by atomic mass is 127. The third kappa shape index (κ3) is 6.35. The average Bonchev–Trinajstić information content (AvgIpc) is 3.40. The molecular weight excluding hydrogens is 465 g/mol. The van der Waals surface area contributed by atoms with Crippen molar-refractivity contribution in [3.05, 3.63) is 24.2 Å². The van der Waals surface area contributed by atoms with Gasteiger partial charge in [0.05, 0.1) is 12.3 Å². The first-order valence-corrected chi connectivity index (χ1v) is 10.6. The van der Waals surface area contributed by atoms with Crippen LogP contribution in [0.4, 0.5) is 0 Å². The maximum atomic E-state index is 5.72. The molecule has 6 nitrogen and oxygen atoms in total. The summed E-state index contributed by atoms with van der Waals surface area (Å²) < 4.78 is 5.72. The van der Waals surface area contributed by atoms with E-state index in [-0.39, 0.29) is 35.6 Å². The standard InChI is InChI=1S/C21H37N5O.HI/c1-21(2,26-13-5-4-6-14-26)17-24-20(22-3)23-16-18(19-10-9-15-27-19)25-11-7-8-12-25;/h9-10,15,18H,4-8,11-14,16-17H2,1-3H3,(H2,22,23,24);1H. The van der Waals surface area contributed by atoms with Crippen molar-refractivity contribution in [2.24, 2.45) is 4.99 Å². The van der Waals surface area contributed by atoms with E-state index in [1.807, 2.05) is 13.1 Å². The zero-order valence-electron chi connectivity index (χ0n) is 17.7. The molecule has 1 aromatic rings. The van der Waals surface area contributed by atoms with Gasteiger partial charge in [-0.2, -0.15) is 0 Å². The third-order valence-electron chi connectivity index (χ3n) is 6.04.